The van der Waals surface area contributed by atoms with E-state index in [1.165, 1.54) is 0 Å². The Morgan fingerprint density at radius 1 is 1.12 bits per heavy atom. The van der Waals surface area contributed by atoms with Crippen LogP contribution in [0.4, 0.5) is 11.5 Å². The van der Waals surface area contributed by atoms with Crippen molar-refractivity contribution in [1.82, 2.24) is 4.98 Å². The quantitative estimate of drug-likeness (QED) is 0.747. The van der Waals surface area contributed by atoms with Crippen molar-refractivity contribution in [3.8, 4) is 0 Å². The zero-order valence-corrected chi connectivity index (χ0v) is 9.43. The van der Waals surface area contributed by atoms with Gasteiger partial charge in [-0.3, -0.25) is 0 Å². The number of anilines is 2. The Kier molecular flexibility index (Phi) is 3.57. The number of aromatic nitrogens is 1. The lowest BCUT2D eigenvalue weighted by Gasteiger charge is -2.08. The van der Waals surface area contributed by atoms with Gasteiger partial charge >= 0.3 is 0 Å². The molecule has 0 unspecified atom stereocenters. The number of benzene rings is 1. The van der Waals surface area contributed by atoms with Gasteiger partial charge in [0.1, 0.15) is 5.82 Å². The maximum atomic E-state index is 8.93. The van der Waals surface area contributed by atoms with Crippen LogP contribution in [0.2, 0.25) is 0 Å². The van der Waals surface area contributed by atoms with Crippen LogP contribution in [0.25, 0.3) is 0 Å². The first kappa shape index (κ1) is 11.4. The van der Waals surface area contributed by atoms with Gasteiger partial charge in [0.2, 0.25) is 0 Å². The molecule has 0 amide bonds. The van der Waals surface area contributed by atoms with E-state index in [1.54, 1.807) is 6.20 Å². The third-order valence-corrected chi connectivity index (χ3v) is 2.53. The van der Waals surface area contributed by atoms with Crippen molar-refractivity contribution in [2.24, 2.45) is 0 Å². The summed E-state index contributed by atoms with van der Waals surface area (Å²) in [6.45, 7) is 0.755. The Labute approximate surface area is 100 Å². The summed E-state index contributed by atoms with van der Waals surface area (Å²) in [5, 5.41) is 12.1. The molecule has 4 heteroatoms. The van der Waals surface area contributed by atoms with Gasteiger partial charge in [-0.2, -0.15) is 0 Å². The summed E-state index contributed by atoms with van der Waals surface area (Å²) >= 11 is 0. The standard InChI is InChI=1S/C13H15N3O/c14-13-12(2-1-7-15-13)16-8-10-3-5-11(9-17)6-4-10/h1-7,16-17H,8-9H2,(H2,14,15). The maximum Gasteiger partial charge on any atom is 0.146 e. The molecule has 0 saturated heterocycles. The highest BCUT2D eigenvalue weighted by Crippen LogP contribution is 2.15. The molecule has 0 radical (unpaired) electrons. The van der Waals surface area contributed by atoms with Crippen LogP contribution in [0.15, 0.2) is 42.6 Å². The van der Waals surface area contributed by atoms with Gasteiger partial charge in [-0.15, -0.1) is 0 Å². The van der Waals surface area contributed by atoms with Crippen molar-refractivity contribution < 1.29 is 5.11 Å². The Hall–Kier alpha value is -2.07. The minimum atomic E-state index is 0.0727. The number of nitrogens with zero attached hydrogens (tertiary/aromatic N) is 1. The minimum Gasteiger partial charge on any atom is -0.392 e. The zero-order valence-electron chi connectivity index (χ0n) is 9.43. The second kappa shape index (κ2) is 5.32. The number of nitrogens with two attached hydrogens (primary N) is 1. The molecule has 2 rings (SSSR count). The van der Waals surface area contributed by atoms with E-state index in [9.17, 15) is 0 Å². The summed E-state index contributed by atoms with van der Waals surface area (Å²) in [6.07, 6.45) is 1.66. The molecule has 2 aromatic rings. The second-order valence-electron chi connectivity index (χ2n) is 3.76. The van der Waals surface area contributed by atoms with Gasteiger partial charge in [-0.1, -0.05) is 24.3 Å². The molecule has 0 spiro atoms. The van der Waals surface area contributed by atoms with E-state index in [2.05, 4.69) is 10.3 Å². The zero-order chi connectivity index (χ0) is 12.1. The number of hydrogen-bond acceptors (Lipinski definition) is 4. The topological polar surface area (TPSA) is 71.2 Å². The molecule has 0 aliphatic heterocycles. The molecule has 0 fully saturated rings. The molecule has 88 valence electrons. The van der Waals surface area contributed by atoms with E-state index in [4.69, 9.17) is 10.8 Å². The predicted molar refractivity (Wildman–Crippen MR) is 68.3 cm³/mol. The van der Waals surface area contributed by atoms with Crippen LogP contribution in [0.5, 0.6) is 0 Å². The van der Waals surface area contributed by atoms with Crippen LogP contribution in [0, 0.1) is 0 Å². The Balaban J connectivity index is 2.00. The average molecular weight is 229 g/mol. The van der Waals surface area contributed by atoms with E-state index in [-0.39, 0.29) is 6.61 Å². The average Bonchev–Trinajstić information content (AvgIpc) is 2.38. The van der Waals surface area contributed by atoms with Crippen molar-refractivity contribution in [3.63, 3.8) is 0 Å². The summed E-state index contributed by atoms with van der Waals surface area (Å²) in [5.74, 6) is 0.500. The normalized spacial score (nSPS) is 10.2. The lowest BCUT2D eigenvalue weighted by molar-refractivity contribution is 0.282. The van der Waals surface area contributed by atoms with E-state index < -0.39 is 0 Å². The number of nitrogens with one attached hydrogen (secondary N) is 1. The van der Waals surface area contributed by atoms with Crippen LogP contribution in [-0.2, 0) is 13.2 Å². The summed E-state index contributed by atoms with van der Waals surface area (Å²) in [6, 6.07) is 11.5. The smallest absolute Gasteiger partial charge is 0.146 e. The van der Waals surface area contributed by atoms with Crippen LogP contribution in [0.3, 0.4) is 0 Å². The summed E-state index contributed by atoms with van der Waals surface area (Å²) in [7, 11) is 0. The molecule has 1 aromatic heterocycles. The molecule has 0 bridgehead atoms. The Bertz CT molecular complexity index is 482. The summed E-state index contributed by atoms with van der Waals surface area (Å²) in [5.41, 5.74) is 8.60. The largest absolute Gasteiger partial charge is 0.392 e. The molecule has 1 heterocycles. The van der Waals surface area contributed by atoms with Crippen molar-refractivity contribution in [2.45, 2.75) is 13.2 Å². The second-order valence-corrected chi connectivity index (χ2v) is 3.76. The predicted octanol–water partition coefficient (Wildman–Crippen LogP) is 1.77. The highest BCUT2D eigenvalue weighted by atomic mass is 16.3. The van der Waals surface area contributed by atoms with E-state index >= 15 is 0 Å². The summed E-state index contributed by atoms with van der Waals surface area (Å²) in [4.78, 5) is 4.00. The fourth-order valence-corrected chi connectivity index (χ4v) is 1.53. The Morgan fingerprint density at radius 2 is 1.82 bits per heavy atom. The van der Waals surface area contributed by atoms with Crippen molar-refractivity contribution in [1.29, 1.82) is 0 Å². The fourth-order valence-electron chi connectivity index (χ4n) is 1.53. The first-order chi connectivity index (χ1) is 8.29. The number of hydrogen-bond donors (Lipinski definition) is 3. The van der Waals surface area contributed by atoms with Gasteiger partial charge in [0, 0.05) is 12.7 Å². The van der Waals surface area contributed by atoms with Crippen LogP contribution >= 0.6 is 0 Å². The van der Waals surface area contributed by atoms with Crippen molar-refractivity contribution in [3.05, 3.63) is 53.7 Å². The molecule has 0 aliphatic rings. The molecule has 0 atom stereocenters. The lowest BCUT2D eigenvalue weighted by Crippen LogP contribution is -2.03. The third kappa shape index (κ3) is 2.95. The number of aliphatic hydroxyl groups is 1. The first-order valence-corrected chi connectivity index (χ1v) is 5.42. The molecule has 0 saturated carbocycles. The molecule has 1 aromatic carbocycles. The van der Waals surface area contributed by atoms with Gasteiger partial charge < -0.3 is 16.2 Å². The molecular formula is C13H15N3O. The van der Waals surface area contributed by atoms with Gasteiger partial charge in [-0.05, 0) is 23.3 Å². The summed E-state index contributed by atoms with van der Waals surface area (Å²) < 4.78 is 0. The first-order valence-electron chi connectivity index (χ1n) is 5.42. The fraction of sp³-hybridized carbons (Fsp3) is 0.154. The SMILES string of the molecule is Nc1ncccc1NCc1ccc(CO)cc1. The van der Waals surface area contributed by atoms with Gasteiger partial charge in [0.05, 0.1) is 12.3 Å². The number of aliphatic hydroxyl groups excluding tert-OH is 1. The van der Waals surface area contributed by atoms with E-state index in [0.29, 0.717) is 12.4 Å². The highest BCUT2D eigenvalue weighted by molar-refractivity contribution is 5.60. The number of rotatable bonds is 4. The lowest BCUT2D eigenvalue weighted by atomic mass is 10.1. The minimum absolute atomic E-state index is 0.0727. The number of nitrogen functional groups attached to an aromatic ring is 1. The van der Waals surface area contributed by atoms with E-state index in [0.717, 1.165) is 16.8 Å². The van der Waals surface area contributed by atoms with Crippen molar-refractivity contribution >= 4 is 11.5 Å². The van der Waals surface area contributed by atoms with Crippen LogP contribution < -0.4 is 11.1 Å². The molecular weight excluding hydrogens is 214 g/mol. The van der Waals surface area contributed by atoms with Crippen LogP contribution in [-0.4, -0.2) is 10.1 Å². The van der Waals surface area contributed by atoms with Crippen LogP contribution in [0.1, 0.15) is 11.1 Å². The maximum absolute atomic E-state index is 8.93. The highest BCUT2D eigenvalue weighted by Gasteiger charge is 1.98. The van der Waals surface area contributed by atoms with E-state index in [1.807, 2.05) is 36.4 Å². The monoisotopic (exact) mass is 229 g/mol. The van der Waals surface area contributed by atoms with Crippen molar-refractivity contribution in [2.75, 3.05) is 11.1 Å². The van der Waals surface area contributed by atoms with Gasteiger partial charge in [0.25, 0.3) is 0 Å². The molecule has 0 aliphatic carbocycles. The molecule has 4 nitrogen and oxygen atoms in total. The third-order valence-electron chi connectivity index (χ3n) is 2.53. The number of pyridine rings is 1. The molecule has 4 N–H and O–H groups in total. The van der Waals surface area contributed by atoms with Gasteiger partial charge in [0.15, 0.2) is 0 Å². The Morgan fingerprint density at radius 3 is 2.47 bits per heavy atom. The molecule has 17 heavy (non-hydrogen) atoms. The van der Waals surface area contributed by atoms with Gasteiger partial charge in [-0.25, -0.2) is 4.98 Å².